The van der Waals surface area contributed by atoms with E-state index >= 15 is 0 Å². The molecule has 5 rings (SSSR count). The Kier molecular flexibility index (Phi) is 7.14. The van der Waals surface area contributed by atoms with Crippen molar-refractivity contribution in [3.8, 4) is 10.7 Å². The maximum Gasteiger partial charge on any atom is 0.240 e. The summed E-state index contributed by atoms with van der Waals surface area (Å²) >= 11 is 1.62. The van der Waals surface area contributed by atoms with Gasteiger partial charge >= 0.3 is 0 Å². The molecule has 0 saturated carbocycles. The summed E-state index contributed by atoms with van der Waals surface area (Å²) in [4.78, 5) is 25.7. The number of hydrogen-bond acceptors (Lipinski definition) is 7. The Labute approximate surface area is 199 Å². The highest BCUT2D eigenvalue weighted by Crippen LogP contribution is 2.23. The molecule has 2 aromatic heterocycles. The van der Waals surface area contributed by atoms with Crippen molar-refractivity contribution in [1.82, 2.24) is 24.8 Å². The van der Waals surface area contributed by atoms with Gasteiger partial charge in [-0.1, -0.05) is 41.6 Å². The summed E-state index contributed by atoms with van der Waals surface area (Å²) in [5.74, 6) is 1.70. The van der Waals surface area contributed by atoms with Crippen LogP contribution in [0.1, 0.15) is 30.7 Å². The van der Waals surface area contributed by atoms with Crippen LogP contribution in [-0.2, 0) is 17.8 Å². The predicted molar refractivity (Wildman–Crippen MR) is 129 cm³/mol. The molecule has 0 bridgehead atoms. The number of nitrogens with zero attached hydrogens (tertiary/aromatic N) is 5. The van der Waals surface area contributed by atoms with Crippen molar-refractivity contribution >= 4 is 17.2 Å². The van der Waals surface area contributed by atoms with E-state index < -0.39 is 0 Å². The molecule has 2 aliphatic heterocycles. The van der Waals surface area contributed by atoms with Gasteiger partial charge in [0.15, 0.2) is 0 Å². The van der Waals surface area contributed by atoms with Crippen LogP contribution >= 0.6 is 11.3 Å². The van der Waals surface area contributed by atoms with Crippen LogP contribution < -0.4 is 0 Å². The first-order valence-electron chi connectivity index (χ1n) is 11.9. The SMILES string of the molecule is O=C(C1CCCN1Cc1ccccc1)N1CCN(CCCc2nc(-c3cccs3)no2)CC1. The minimum Gasteiger partial charge on any atom is -0.339 e. The van der Waals surface area contributed by atoms with Crippen LogP contribution in [0.5, 0.6) is 0 Å². The smallest absolute Gasteiger partial charge is 0.240 e. The normalized spacial score (nSPS) is 19.9. The quantitative estimate of drug-likeness (QED) is 0.507. The molecular formula is C25H31N5O2S. The van der Waals surface area contributed by atoms with Gasteiger partial charge in [-0.2, -0.15) is 4.98 Å². The van der Waals surface area contributed by atoms with Crippen LogP contribution in [0.3, 0.4) is 0 Å². The lowest BCUT2D eigenvalue weighted by Gasteiger charge is -2.37. The van der Waals surface area contributed by atoms with Crippen LogP contribution in [-0.4, -0.2) is 76.1 Å². The third kappa shape index (κ3) is 5.51. The summed E-state index contributed by atoms with van der Waals surface area (Å²) in [6.07, 6.45) is 3.85. The highest BCUT2D eigenvalue weighted by atomic mass is 32.1. The molecule has 2 saturated heterocycles. The summed E-state index contributed by atoms with van der Waals surface area (Å²) in [6, 6.07) is 14.5. The van der Waals surface area contributed by atoms with Crippen LogP contribution in [0.2, 0.25) is 0 Å². The first-order valence-corrected chi connectivity index (χ1v) is 12.8. The average Bonchev–Trinajstić information content (AvgIpc) is 3.62. The summed E-state index contributed by atoms with van der Waals surface area (Å²) in [5, 5.41) is 6.10. The number of benzene rings is 1. The fraction of sp³-hybridized carbons (Fsp3) is 0.480. The van der Waals surface area contributed by atoms with E-state index in [1.54, 1.807) is 11.3 Å². The van der Waals surface area contributed by atoms with Crippen molar-refractivity contribution in [3.05, 3.63) is 59.3 Å². The van der Waals surface area contributed by atoms with E-state index in [0.29, 0.717) is 17.6 Å². The fourth-order valence-electron chi connectivity index (χ4n) is 4.83. The second-order valence-corrected chi connectivity index (χ2v) is 9.82. The van der Waals surface area contributed by atoms with E-state index in [1.807, 2.05) is 23.6 Å². The van der Waals surface area contributed by atoms with Gasteiger partial charge in [0.2, 0.25) is 17.6 Å². The second kappa shape index (κ2) is 10.6. The largest absolute Gasteiger partial charge is 0.339 e. The number of aromatic nitrogens is 2. The number of amides is 1. The molecule has 0 radical (unpaired) electrons. The summed E-state index contributed by atoms with van der Waals surface area (Å²) in [7, 11) is 0. The van der Waals surface area contributed by atoms with E-state index in [0.717, 1.165) is 76.4 Å². The van der Waals surface area contributed by atoms with Crippen molar-refractivity contribution in [3.63, 3.8) is 0 Å². The Morgan fingerprint density at radius 2 is 1.91 bits per heavy atom. The highest BCUT2D eigenvalue weighted by molar-refractivity contribution is 7.13. The van der Waals surface area contributed by atoms with E-state index in [2.05, 4.69) is 49.1 Å². The van der Waals surface area contributed by atoms with Crippen LogP contribution in [0.15, 0.2) is 52.4 Å². The van der Waals surface area contributed by atoms with E-state index in [1.165, 1.54) is 5.56 Å². The molecule has 174 valence electrons. The fourth-order valence-corrected chi connectivity index (χ4v) is 5.48. The molecule has 3 aromatic rings. The zero-order valence-corrected chi connectivity index (χ0v) is 19.8. The molecule has 0 spiro atoms. The van der Waals surface area contributed by atoms with Gasteiger partial charge in [0, 0.05) is 39.1 Å². The van der Waals surface area contributed by atoms with Crippen molar-refractivity contribution in [2.45, 2.75) is 38.3 Å². The van der Waals surface area contributed by atoms with Crippen molar-refractivity contribution < 1.29 is 9.32 Å². The number of thiophene rings is 1. The highest BCUT2D eigenvalue weighted by Gasteiger charge is 2.34. The molecule has 0 N–H and O–H groups in total. The van der Waals surface area contributed by atoms with Gasteiger partial charge in [-0.25, -0.2) is 0 Å². The summed E-state index contributed by atoms with van der Waals surface area (Å²) < 4.78 is 5.41. The van der Waals surface area contributed by atoms with E-state index in [4.69, 9.17) is 4.52 Å². The summed E-state index contributed by atoms with van der Waals surface area (Å²) in [5.41, 5.74) is 1.28. The maximum absolute atomic E-state index is 13.2. The Balaban J connectivity index is 1.05. The number of hydrogen-bond donors (Lipinski definition) is 0. The van der Waals surface area contributed by atoms with Crippen molar-refractivity contribution in [1.29, 1.82) is 0 Å². The Morgan fingerprint density at radius 1 is 1.06 bits per heavy atom. The van der Waals surface area contributed by atoms with Gasteiger partial charge in [0.25, 0.3) is 0 Å². The molecule has 33 heavy (non-hydrogen) atoms. The lowest BCUT2D eigenvalue weighted by atomic mass is 10.1. The standard InChI is InChI=1S/C25H31N5O2S/c31-25(21-9-4-13-30(21)19-20-7-2-1-3-8-20)29-16-14-28(15-17-29)12-5-11-23-26-24(27-32-23)22-10-6-18-33-22/h1-3,6-8,10,18,21H,4-5,9,11-17,19H2. The zero-order chi connectivity index (χ0) is 22.5. The molecule has 0 aliphatic carbocycles. The minimum atomic E-state index is 0.0341. The lowest BCUT2D eigenvalue weighted by molar-refractivity contribution is -0.138. The van der Waals surface area contributed by atoms with Gasteiger partial charge in [0.1, 0.15) is 0 Å². The van der Waals surface area contributed by atoms with E-state index in [-0.39, 0.29) is 6.04 Å². The number of carbonyl (C=O) groups excluding carboxylic acids is 1. The molecule has 7 nitrogen and oxygen atoms in total. The third-order valence-corrected chi connectivity index (χ3v) is 7.50. The molecule has 1 aromatic carbocycles. The molecule has 4 heterocycles. The molecule has 1 amide bonds. The van der Waals surface area contributed by atoms with Crippen LogP contribution in [0.25, 0.3) is 10.7 Å². The maximum atomic E-state index is 13.2. The summed E-state index contributed by atoms with van der Waals surface area (Å²) in [6.45, 7) is 6.36. The molecule has 8 heteroatoms. The number of rotatable bonds is 8. The second-order valence-electron chi connectivity index (χ2n) is 8.87. The van der Waals surface area contributed by atoms with Crippen molar-refractivity contribution in [2.75, 3.05) is 39.3 Å². The Bertz CT molecular complexity index is 1010. The Morgan fingerprint density at radius 3 is 2.70 bits per heavy atom. The van der Waals surface area contributed by atoms with Crippen LogP contribution in [0.4, 0.5) is 0 Å². The van der Waals surface area contributed by atoms with Gasteiger partial charge in [0.05, 0.1) is 10.9 Å². The topological polar surface area (TPSA) is 65.7 Å². The van der Waals surface area contributed by atoms with Crippen LogP contribution in [0, 0.1) is 0 Å². The van der Waals surface area contributed by atoms with Gasteiger partial charge in [-0.3, -0.25) is 14.6 Å². The van der Waals surface area contributed by atoms with Gasteiger partial charge < -0.3 is 9.42 Å². The van der Waals surface area contributed by atoms with E-state index in [9.17, 15) is 4.79 Å². The molecule has 2 fully saturated rings. The monoisotopic (exact) mass is 465 g/mol. The molecule has 2 aliphatic rings. The first kappa shape index (κ1) is 22.3. The molecule has 1 unspecified atom stereocenters. The number of aryl methyl sites for hydroxylation is 1. The zero-order valence-electron chi connectivity index (χ0n) is 18.9. The minimum absolute atomic E-state index is 0.0341. The van der Waals surface area contributed by atoms with Crippen molar-refractivity contribution in [2.24, 2.45) is 0 Å². The van der Waals surface area contributed by atoms with Gasteiger partial charge in [-0.05, 0) is 49.4 Å². The number of likely N-dealkylation sites (tertiary alicyclic amines) is 1. The third-order valence-electron chi connectivity index (χ3n) is 6.64. The van der Waals surface area contributed by atoms with Gasteiger partial charge in [-0.15, -0.1) is 11.3 Å². The number of piperazine rings is 1. The predicted octanol–water partition coefficient (Wildman–Crippen LogP) is 3.54. The lowest BCUT2D eigenvalue weighted by Crippen LogP contribution is -2.53. The average molecular weight is 466 g/mol. The first-order chi connectivity index (χ1) is 16.3. The molecular weight excluding hydrogens is 434 g/mol. The molecule has 1 atom stereocenters. The number of carbonyl (C=O) groups is 1. The Hall–Kier alpha value is -2.55.